The van der Waals surface area contributed by atoms with Gasteiger partial charge < -0.3 is 19.7 Å². The lowest BCUT2D eigenvalue weighted by Crippen LogP contribution is -2.45. The van der Waals surface area contributed by atoms with Crippen molar-refractivity contribution in [3.8, 4) is 11.5 Å². The molecule has 2 atom stereocenters. The number of methoxy groups -OCH3 is 1. The van der Waals surface area contributed by atoms with Crippen molar-refractivity contribution in [2.45, 2.75) is 32.0 Å². The summed E-state index contributed by atoms with van der Waals surface area (Å²) in [5.74, 6) is -5.95. The number of rotatable bonds is 8. The number of aromatic nitrogens is 1. The molecule has 0 spiro atoms. The molecule has 2 aromatic carbocycles. The van der Waals surface area contributed by atoms with E-state index in [4.69, 9.17) is 4.74 Å². The summed E-state index contributed by atoms with van der Waals surface area (Å²) in [6.45, 7) is -5.50. The average Bonchev–Trinajstić information content (AvgIpc) is 3.18. The van der Waals surface area contributed by atoms with Gasteiger partial charge in [0.15, 0.2) is 0 Å². The van der Waals surface area contributed by atoms with Gasteiger partial charge in [-0.1, -0.05) is 0 Å². The zero-order valence-electron chi connectivity index (χ0n) is 20.8. The molecule has 1 saturated heterocycles. The van der Waals surface area contributed by atoms with Crippen LogP contribution < -0.4 is 25.2 Å². The van der Waals surface area contributed by atoms with Crippen LogP contribution in [0.25, 0.3) is 0 Å². The van der Waals surface area contributed by atoms with Gasteiger partial charge in [-0.2, -0.15) is 17.6 Å². The summed E-state index contributed by atoms with van der Waals surface area (Å²) in [4.78, 5) is 40.2. The molecule has 3 aromatic rings. The Morgan fingerprint density at radius 3 is 2.17 bits per heavy atom. The molecule has 14 heteroatoms. The molecule has 1 N–H and O–H groups in total. The summed E-state index contributed by atoms with van der Waals surface area (Å²) in [5.41, 5.74) is -2.26. The van der Waals surface area contributed by atoms with E-state index >= 15 is 8.78 Å². The van der Waals surface area contributed by atoms with E-state index in [0.29, 0.717) is 0 Å². The fourth-order valence-corrected chi connectivity index (χ4v) is 4.51. The molecular formula is C26H21F6N3O5. The van der Waals surface area contributed by atoms with Gasteiger partial charge in [-0.15, -0.1) is 0 Å². The van der Waals surface area contributed by atoms with E-state index in [9.17, 15) is 31.9 Å². The lowest BCUT2D eigenvalue weighted by molar-refractivity contribution is -0.118. The third-order valence-corrected chi connectivity index (χ3v) is 6.38. The Bertz CT molecular complexity index is 1470. The number of nitrogens with zero attached hydrogens (tertiary/aromatic N) is 2. The van der Waals surface area contributed by atoms with Crippen LogP contribution in [0.1, 0.15) is 34.0 Å². The van der Waals surface area contributed by atoms with Crippen molar-refractivity contribution in [3.63, 3.8) is 0 Å². The first-order valence-electron chi connectivity index (χ1n) is 11.6. The molecule has 4 rings (SSSR count). The number of hydrogen-bond donors (Lipinski definition) is 1. The summed E-state index contributed by atoms with van der Waals surface area (Å²) in [5, 5.41) is 2.37. The predicted octanol–water partition coefficient (Wildman–Crippen LogP) is 4.37. The highest BCUT2D eigenvalue weighted by Crippen LogP contribution is 2.36. The number of amides is 2. The van der Waals surface area contributed by atoms with E-state index in [2.05, 4.69) is 10.1 Å². The minimum atomic E-state index is -3.23. The molecule has 1 aliphatic rings. The van der Waals surface area contributed by atoms with Crippen molar-refractivity contribution >= 4 is 17.5 Å². The second-order valence-corrected chi connectivity index (χ2v) is 8.75. The third-order valence-electron chi connectivity index (χ3n) is 6.38. The molecule has 2 amide bonds. The Hall–Kier alpha value is -4.49. The maximum atomic E-state index is 15.1. The first-order valence-corrected chi connectivity index (χ1v) is 11.6. The van der Waals surface area contributed by atoms with E-state index in [0.717, 1.165) is 47.5 Å². The number of alkyl halides is 4. The van der Waals surface area contributed by atoms with Crippen LogP contribution in [0.4, 0.5) is 32.0 Å². The van der Waals surface area contributed by atoms with E-state index in [1.54, 1.807) is 0 Å². The number of anilines is 1. The van der Waals surface area contributed by atoms with Gasteiger partial charge in [0.1, 0.15) is 34.9 Å². The minimum Gasteiger partial charge on any atom is -0.497 e. The zero-order valence-corrected chi connectivity index (χ0v) is 20.8. The molecule has 40 heavy (non-hydrogen) atoms. The Morgan fingerprint density at radius 2 is 1.62 bits per heavy atom. The van der Waals surface area contributed by atoms with E-state index in [1.165, 1.54) is 20.1 Å². The average molecular weight is 569 g/mol. The summed E-state index contributed by atoms with van der Waals surface area (Å²) < 4.78 is 91.1. The second-order valence-electron chi connectivity index (χ2n) is 8.75. The van der Waals surface area contributed by atoms with Gasteiger partial charge in [0, 0.05) is 41.9 Å². The standard InChI is InChI=1S/C26H21F6N3O5/c1-12-7-8-34(25(29)30)24(38)21(12)35-11-16(19-17(27)9-15(39-2)10-18(19)28)20(23(35)37)33-22(36)13-3-5-14(6-4-13)40-26(31)32/h3-10,16,20,25-26H,11H2,1-2H3,(H,33,36)/t16-,20-/m0/s1. The van der Waals surface area contributed by atoms with Crippen molar-refractivity contribution in [2.24, 2.45) is 0 Å². The molecule has 2 heterocycles. The number of hydrogen-bond acceptors (Lipinski definition) is 5. The van der Waals surface area contributed by atoms with Gasteiger partial charge in [0.2, 0.25) is 5.91 Å². The number of carbonyl (C=O) groups excluding carboxylic acids is 2. The molecule has 212 valence electrons. The van der Waals surface area contributed by atoms with E-state index in [-0.39, 0.29) is 27.2 Å². The van der Waals surface area contributed by atoms with Crippen molar-refractivity contribution in [1.82, 2.24) is 9.88 Å². The molecule has 1 fully saturated rings. The Morgan fingerprint density at radius 1 is 1.00 bits per heavy atom. The number of benzene rings is 2. The Labute approximate surface area is 222 Å². The van der Waals surface area contributed by atoms with E-state index < -0.39 is 71.9 Å². The first-order chi connectivity index (χ1) is 18.9. The molecule has 0 aliphatic carbocycles. The van der Waals surface area contributed by atoms with Crippen LogP contribution in [0.15, 0.2) is 53.5 Å². The number of carbonyl (C=O) groups is 2. The van der Waals surface area contributed by atoms with Crippen LogP contribution in [0, 0.1) is 18.6 Å². The lowest BCUT2D eigenvalue weighted by atomic mass is 9.92. The van der Waals surface area contributed by atoms with Crippen molar-refractivity contribution < 1.29 is 45.4 Å². The molecule has 1 aromatic heterocycles. The predicted molar refractivity (Wildman–Crippen MR) is 129 cm³/mol. The topological polar surface area (TPSA) is 89.9 Å². The molecule has 8 nitrogen and oxygen atoms in total. The van der Waals surface area contributed by atoms with Crippen molar-refractivity contribution in [1.29, 1.82) is 0 Å². The fraction of sp³-hybridized carbons (Fsp3) is 0.269. The smallest absolute Gasteiger partial charge is 0.387 e. The molecule has 1 aliphatic heterocycles. The lowest BCUT2D eigenvalue weighted by Gasteiger charge is -2.20. The molecular weight excluding hydrogens is 548 g/mol. The van der Waals surface area contributed by atoms with Gasteiger partial charge >= 0.3 is 13.2 Å². The number of halogens is 6. The molecule has 0 bridgehead atoms. The van der Waals surface area contributed by atoms with Crippen molar-refractivity contribution in [3.05, 3.63) is 87.3 Å². The SMILES string of the molecule is COc1cc(F)c([C@@H]2CN(c3c(C)ccn(C(F)F)c3=O)C(=O)[C@H]2NC(=O)c2ccc(OC(F)F)cc2)c(F)c1. The van der Waals surface area contributed by atoms with Gasteiger partial charge in [-0.25, -0.2) is 8.78 Å². The summed E-state index contributed by atoms with van der Waals surface area (Å²) in [6, 6.07) is 5.64. The molecule has 0 unspecified atom stereocenters. The number of nitrogens with one attached hydrogen (secondary N) is 1. The Kier molecular flexibility index (Phi) is 8.07. The van der Waals surface area contributed by atoms with Gasteiger partial charge in [-0.3, -0.25) is 19.0 Å². The summed E-state index contributed by atoms with van der Waals surface area (Å²) in [7, 11) is 1.18. The van der Waals surface area contributed by atoms with Crippen molar-refractivity contribution in [2.75, 3.05) is 18.6 Å². The highest BCUT2D eigenvalue weighted by molar-refractivity contribution is 6.05. The number of pyridine rings is 1. The molecule has 0 radical (unpaired) electrons. The van der Waals surface area contributed by atoms with Crippen LogP contribution >= 0.6 is 0 Å². The monoisotopic (exact) mass is 569 g/mol. The fourth-order valence-electron chi connectivity index (χ4n) is 4.51. The quantitative estimate of drug-likeness (QED) is 0.407. The van der Waals surface area contributed by atoms with Crippen LogP contribution in [-0.2, 0) is 4.79 Å². The number of ether oxygens (including phenoxy) is 2. The summed E-state index contributed by atoms with van der Waals surface area (Å²) in [6.07, 6.45) is 0.841. The first kappa shape index (κ1) is 28.5. The maximum absolute atomic E-state index is 15.1. The van der Waals surface area contributed by atoms with E-state index in [1.807, 2.05) is 0 Å². The van der Waals surface area contributed by atoms with Crippen LogP contribution in [0.2, 0.25) is 0 Å². The van der Waals surface area contributed by atoms with Crippen LogP contribution in [0.3, 0.4) is 0 Å². The van der Waals surface area contributed by atoms with Gasteiger partial charge in [0.25, 0.3) is 11.5 Å². The number of aryl methyl sites for hydroxylation is 1. The Balaban J connectivity index is 1.76. The highest BCUT2D eigenvalue weighted by atomic mass is 19.3. The van der Waals surface area contributed by atoms with Gasteiger partial charge in [0.05, 0.1) is 7.11 Å². The maximum Gasteiger partial charge on any atom is 0.387 e. The van der Waals surface area contributed by atoms with Gasteiger partial charge in [-0.05, 0) is 42.8 Å². The largest absolute Gasteiger partial charge is 0.497 e. The second kappa shape index (κ2) is 11.3. The third kappa shape index (κ3) is 5.46. The highest BCUT2D eigenvalue weighted by Gasteiger charge is 2.46. The zero-order chi connectivity index (χ0) is 29.3. The van der Waals surface area contributed by atoms with Crippen LogP contribution in [0.5, 0.6) is 11.5 Å². The summed E-state index contributed by atoms with van der Waals surface area (Å²) >= 11 is 0. The molecule has 0 saturated carbocycles. The van der Waals surface area contributed by atoms with Crippen LogP contribution in [-0.4, -0.2) is 42.7 Å². The normalized spacial score (nSPS) is 17.1. The minimum absolute atomic E-state index is 0.0914.